The van der Waals surface area contributed by atoms with Gasteiger partial charge in [-0.2, -0.15) is 0 Å². The highest BCUT2D eigenvalue weighted by atomic mass is 16.5. The molecule has 0 aromatic heterocycles. The molecule has 0 radical (unpaired) electrons. The Kier molecular flexibility index (Phi) is 69.9. The van der Waals surface area contributed by atoms with Gasteiger partial charge in [0.15, 0.2) is 0 Å². The van der Waals surface area contributed by atoms with E-state index < -0.39 is 12.1 Å². The van der Waals surface area contributed by atoms with Gasteiger partial charge in [0.2, 0.25) is 5.91 Å². The highest BCUT2D eigenvalue weighted by Crippen LogP contribution is 2.19. The molecule has 3 N–H and O–H groups in total. The molecule has 0 heterocycles. The Labute approximate surface area is 513 Å². The minimum atomic E-state index is -0.846. The third-order valence-corrected chi connectivity index (χ3v) is 17.4. The second-order valence-electron chi connectivity index (χ2n) is 25.6. The molecule has 2 atom stereocenters. The van der Waals surface area contributed by atoms with Gasteiger partial charge in [-0.15, -0.1) is 0 Å². The predicted molar refractivity (Wildman–Crippen MR) is 361 cm³/mol. The van der Waals surface area contributed by atoms with E-state index in [9.17, 15) is 19.8 Å². The molecule has 0 saturated carbocycles. The van der Waals surface area contributed by atoms with Crippen LogP contribution in [-0.2, 0) is 14.3 Å². The van der Waals surface area contributed by atoms with Crippen molar-refractivity contribution in [3.8, 4) is 0 Å². The van der Waals surface area contributed by atoms with Crippen molar-refractivity contribution in [2.24, 2.45) is 0 Å². The van der Waals surface area contributed by atoms with Crippen LogP contribution in [-0.4, -0.2) is 47.4 Å². The fraction of sp³-hybridized carbons (Fsp3) is 0.895. The van der Waals surface area contributed by atoms with Gasteiger partial charge in [0.1, 0.15) is 0 Å². The fourth-order valence-electron chi connectivity index (χ4n) is 11.7. The molecule has 0 aromatic rings. The second kappa shape index (κ2) is 71.6. The number of carbonyl (C=O) groups excluding carboxylic acids is 2. The summed E-state index contributed by atoms with van der Waals surface area (Å²) in [7, 11) is 0. The first-order valence-electron chi connectivity index (χ1n) is 37.3. The lowest BCUT2D eigenvalue weighted by molar-refractivity contribution is -0.143. The Balaban J connectivity index is 3.39. The first-order chi connectivity index (χ1) is 40.5. The van der Waals surface area contributed by atoms with Crippen molar-refractivity contribution in [1.29, 1.82) is 0 Å². The van der Waals surface area contributed by atoms with E-state index in [1.54, 1.807) is 6.08 Å². The Morgan fingerprint density at radius 1 is 0.329 bits per heavy atom. The zero-order valence-corrected chi connectivity index (χ0v) is 55.5. The molecular weight excluding hydrogens is 1010 g/mol. The maximum atomic E-state index is 12.5. The normalized spacial score (nSPS) is 12.7. The van der Waals surface area contributed by atoms with E-state index in [0.29, 0.717) is 19.4 Å². The number of aliphatic hydroxyl groups is 2. The van der Waals surface area contributed by atoms with Gasteiger partial charge in [-0.1, -0.05) is 352 Å². The summed E-state index contributed by atoms with van der Waals surface area (Å²) in [5.74, 6) is -0.0504. The van der Waals surface area contributed by atoms with Crippen LogP contribution in [0.2, 0.25) is 0 Å². The van der Waals surface area contributed by atoms with Crippen LogP contribution < -0.4 is 5.32 Å². The third kappa shape index (κ3) is 67.2. The van der Waals surface area contributed by atoms with Crippen LogP contribution in [0.5, 0.6) is 0 Å². The van der Waals surface area contributed by atoms with Crippen LogP contribution in [0.1, 0.15) is 412 Å². The van der Waals surface area contributed by atoms with E-state index in [4.69, 9.17) is 4.74 Å². The minimum Gasteiger partial charge on any atom is -0.466 e. The number of hydrogen-bond acceptors (Lipinski definition) is 5. The Morgan fingerprint density at radius 2 is 0.573 bits per heavy atom. The number of aliphatic hydroxyl groups excluding tert-OH is 2. The average Bonchev–Trinajstić information content (AvgIpc) is 3.48. The van der Waals surface area contributed by atoms with Crippen LogP contribution in [0.4, 0.5) is 0 Å². The van der Waals surface area contributed by atoms with Gasteiger partial charge in [0, 0.05) is 12.8 Å². The molecule has 0 aliphatic carbocycles. The van der Waals surface area contributed by atoms with E-state index in [1.807, 2.05) is 6.08 Å². The lowest BCUT2D eigenvalue weighted by Gasteiger charge is -2.20. The van der Waals surface area contributed by atoms with Crippen molar-refractivity contribution in [3.05, 3.63) is 36.5 Å². The smallest absolute Gasteiger partial charge is 0.305 e. The third-order valence-electron chi connectivity index (χ3n) is 17.4. The minimum absolute atomic E-state index is 0.0150. The number of allylic oxidation sites excluding steroid dienone is 5. The molecule has 2 unspecified atom stereocenters. The summed E-state index contributed by atoms with van der Waals surface area (Å²) in [6.45, 7) is 4.94. The van der Waals surface area contributed by atoms with Gasteiger partial charge in [-0.25, -0.2) is 0 Å². The number of carbonyl (C=O) groups is 2. The zero-order valence-electron chi connectivity index (χ0n) is 55.5. The molecule has 6 heteroatoms. The molecule has 82 heavy (non-hydrogen) atoms. The van der Waals surface area contributed by atoms with E-state index in [-0.39, 0.29) is 18.5 Å². The van der Waals surface area contributed by atoms with Crippen LogP contribution in [0, 0.1) is 0 Å². The molecule has 0 saturated heterocycles. The molecule has 0 fully saturated rings. The highest BCUT2D eigenvalue weighted by molar-refractivity contribution is 5.76. The maximum absolute atomic E-state index is 12.5. The predicted octanol–water partition coefficient (Wildman–Crippen LogP) is 24.3. The second-order valence-corrected chi connectivity index (χ2v) is 25.6. The number of rotatable bonds is 70. The first kappa shape index (κ1) is 80.1. The number of hydrogen-bond donors (Lipinski definition) is 3. The molecule has 0 spiro atoms. The van der Waals surface area contributed by atoms with Crippen LogP contribution in [0.25, 0.3) is 0 Å². The SMILES string of the molecule is CCCCCCCC/C=C\CCCCCCCCCCCC(=O)OCCCCCCCCCCCCCC/C=C\CCCCCCCCCCCCCC(=O)NC(CO)C(O)/C=C/CCCCCCCCCCCCCCCCCCC. The van der Waals surface area contributed by atoms with Gasteiger partial charge < -0.3 is 20.3 Å². The summed E-state index contributed by atoms with van der Waals surface area (Å²) in [6.07, 6.45) is 92.4. The lowest BCUT2D eigenvalue weighted by Crippen LogP contribution is -2.45. The number of amides is 1. The topological polar surface area (TPSA) is 95.9 Å². The van der Waals surface area contributed by atoms with Crippen molar-refractivity contribution >= 4 is 11.9 Å². The van der Waals surface area contributed by atoms with E-state index in [2.05, 4.69) is 43.5 Å². The molecular formula is C76H145NO5. The monoisotopic (exact) mass is 1150 g/mol. The number of unbranched alkanes of at least 4 members (excludes halogenated alkanes) is 55. The summed E-state index contributed by atoms with van der Waals surface area (Å²) < 4.78 is 5.51. The zero-order chi connectivity index (χ0) is 59.2. The largest absolute Gasteiger partial charge is 0.466 e. The molecule has 1 amide bonds. The summed E-state index contributed by atoms with van der Waals surface area (Å²) in [5, 5.41) is 23.2. The Bertz CT molecular complexity index is 1330. The van der Waals surface area contributed by atoms with Crippen molar-refractivity contribution < 1.29 is 24.5 Å². The summed E-state index contributed by atoms with van der Waals surface area (Å²) in [6, 6.07) is -0.630. The number of nitrogens with one attached hydrogen (secondary N) is 1. The maximum Gasteiger partial charge on any atom is 0.305 e. The van der Waals surface area contributed by atoms with Gasteiger partial charge in [0.25, 0.3) is 0 Å². The standard InChI is InChI=1S/C76H145NO5/c1-3-5-7-9-11-13-15-17-19-21-32-36-40-44-48-52-56-60-64-68-74(79)73(72-78)77-75(80)69-65-61-57-53-49-45-41-37-34-30-28-26-24-23-25-27-29-31-35-39-43-47-51-55-59-63-67-71-82-76(81)70-66-62-58-54-50-46-42-38-33-22-20-18-16-14-12-10-8-6-4-2/h18,20,23-24,64,68,73-74,78-79H,3-17,19,21-22,25-63,65-67,69-72H2,1-2H3,(H,77,80)/b20-18-,24-23-,68-64+. The molecule has 0 aromatic carbocycles. The summed E-state index contributed by atoms with van der Waals surface area (Å²) >= 11 is 0. The van der Waals surface area contributed by atoms with E-state index in [0.717, 1.165) is 38.5 Å². The molecule has 0 bridgehead atoms. The van der Waals surface area contributed by atoms with E-state index >= 15 is 0 Å². The fourth-order valence-corrected chi connectivity index (χ4v) is 11.7. The highest BCUT2D eigenvalue weighted by Gasteiger charge is 2.18. The van der Waals surface area contributed by atoms with E-state index in [1.165, 1.54) is 347 Å². The van der Waals surface area contributed by atoms with Crippen LogP contribution in [0.3, 0.4) is 0 Å². The van der Waals surface area contributed by atoms with Gasteiger partial charge in [-0.3, -0.25) is 9.59 Å². The van der Waals surface area contributed by atoms with Crippen molar-refractivity contribution in [2.45, 2.75) is 424 Å². The number of ether oxygens (including phenoxy) is 1. The molecule has 484 valence electrons. The lowest BCUT2D eigenvalue weighted by atomic mass is 10.0. The first-order valence-corrected chi connectivity index (χ1v) is 37.3. The van der Waals surface area contributed by atoms with Gasteiger partial charge in [-0.05, 0) is 83.5 Å². The molecule has 6 nitrogen and oxygen atoms in total. The Hall–Kier alpha value is -1.92. The van der Waals surface area contributed by atoms with Crippen molar-refractivity contribution in [3.63, 3.8) is 0 Å². The van der Waals surface area contributed by atoms with Crippen molar-refractivity contribution in [2.75, 3.05) is 13.2 Å². The average molecular weight is 1150 g/mol. The summed E-state index contributed by atoms with van der Waals surface area (Å²) in [4.78, 5) is 24.6. The summed E-state index contributed by atoms with van der Waals surface area (Å²) in [5.41, 5.74) is 0. The van der Waals surface area contributed by atoms with Crippen molar-refractivity contribution in [1.82, 2.24) is 5.32 Å². The van der Waals surface area contributed by atoms with Crippen LogP contribution in [0.15, 0.2) is 36.5 Å². The Morgan fingerprint density at radius 3 is 0.866 bits per heavy atom. The number of esters is 1. The van der Waals surface area contributed by atoms with Gasteiger partial charge in [0.05, 0.1) is 25.4 Å². The molecule has 0 aliphatic rings. The quantitative estimate of drug-likeness (QED) is 0.0320. The van der Waals surface area contributed by atoms with Crippen LogP contribution >= 0.6 is 0 Å². The molecule has 0 aliphatic heterocycles. The van der Waals surface area contributed by atoms with Gasteiger partial charge >= 0.3 is 5.97 Å². The molecule has 0 rings (SSSR count).